The maximum atomic E-state index is 10.1. The fourth-order valence-electron chi connectivity index (χ4n) is 3.11. The highest BCUT2D eigenvalue weighted by Crippen LogP contribution is 2.58. The molecule has 0 aromatic rings. The molecule has 3 saturated heterocycles. The average molecular weight is 200 g/mol. The van der Waals surface area contributed by atoms with Crippen LogP contribution in [0.25, 0.3) is 0 Å². The summed E-state index contributed by atoms with van der Waals surface area (Å²) in [4.78, 5) is 0. The third-order valence-corrected chi connectivity index (χ3v) is 3.96. The standard InChI is InChI=1S/C10H16O4/c1-9-4-5(12-3)6(11)10(2,14-9)8-7(9)13-8/h5-8,11H,4H2,1-3H3/t5-,6-,7+,8-,9-,10+/m0/s1. The Bertz CT molecular complexity index is 281. The van der Waals surface area contributed by atoms with Crippen molar-refractivity contribution in [3.63, 3.8) is 0 Å². The number of ether oxygens (including phenoxy) is 3. The van der Waals surface area contributed by atoms with Gasteiger partial charge in [-0.15, -0.1) is 0 Å². The van der Waals surface area contributed by atoms with Crippen LogP contribution in [-0.2, 0) is 14.2 Å². The number of hydrogen-bond acceptors (Lipinski definition) is 4. The second-order valence-electron chi connectivity index (χ2n) is 5.00. The van der Waals surface area contributed by atoms with Gasteiger partial charge in [0.2, 0.25) is 0 Å². The number of aliphatic hydroxyl groups is 1. The van der Waals surface area contributed by atoms with Crippen LogP contribution in [0.15, 0.2) is 0 Å². The van der Waals surface area contributed by atoms with Gasteiger partial charge in [0.15, 0.2) is 0 Å². The van der Waals surface area contributed by atoms with E-state index in [9.17, 15) is 5.11 Å². The number of aliphatic hydroxyl groups excluding tert-OH is 1. The van der Waals surface area contributed by atoms with Crippen LogP contribution in [-0.4, -0.2) is 47.8 Å². The second-order valence-corrected chi connectivity index (χ2v) is 5.00. The van der Waals surface area contributed by atoms with Crippen LogP contribution < -0.4 is 0 Å². The van der Waals surface area contributed by atoms with E-state index in [1.165, 1.54) is 0 Å². The van der Waals surface area contributed by atoms with E-state index < -0.39 is 11.7 Å². The lowest BCUT2D eigenvalue weighted by atomic mass is 9.88. The van der Waals surface area contributed by atoms with E-state index in [4.69, 9.17) is 14.2 Å². The molecule has 1 N–H and O–H groups in total. The molecule has 3 heterocycles. The number of epoxide rings is 1. The average Bonchev–Trinajstić information content (AvgIpc) is 2.88. The van der Waals surface area contributed by atoms with Gasteiger partial charge in [0.1, 0.15) is 23.9 Å². The molecule has 0 radical (unpaired) electrons. The molecule has 3 rings (SSSR count). The third kappa shape index (κ3) is 0.834. The monoisotopic (exact) mass is 200 g/mol. The van der Waals surface area contributed by atoms with E-state index in [1.54, 1.807) is 7.11 Å². The lowest BCUT2D eigenvalue weighted by molar-refractivity contribution is -0.257. The Morgan fingerprint density at radius 3 is 2.71 bits per heavy atom. The van der Waals surface area contributed by atoms with Gasteiger partial charge in [-0.1, -0.05) is 0 Å². The Balaban J connectivity index is 1.98. The molecule has 0 unspecified atom stereocenters. The molecule has 0 saturated carbocycles. The first-order chi connectivity index (χ1) is 6.51. The van der Waals surface area contributed by atoms with Gasteiger partial charge in [-0.2, -0.15) is 0 Å². The van der Waals surface area contributed by atoms with E-state index in [2.05, 4.69) is 0 Å². The number of rotatable bonds is 1. The fraction of sp³-hybridized carbons (Fsp3) is 1.00. The van der Waals surface area contributed by atoms with Crippen LogP contribution in [0, 0.1) is 0 Å². The predicted octanol–water partition coefficient (Wildman–Crippen LogP) is 0.0810. The minimum atomic E-state index is -0.585. The highest BCUT2D eigenvalue weighted by molar-refractivity contribution is 5.23. The van der Waals surface area contributed by atoms with Gasteiger partial charge in [0.25, 0.3) is 0 Å². The molecule has 4 nitrogen and oxygen atoms in total. The maximum absolute atomic E-state index is 10.1. The normalized spacial score (nSPS) is 65.1. The molecule has 0 aromatic carbocycles. The Kier molecular flexibility index (Phi) is 1.51. The summed E-state index contributed by atoms with van der Waals surface area (Å²) in [6.45, 7) is 3.96. The Labute approximate surface area is 83.1 Å². The number of fused-ring (bicyclic) bond motifs is 5. The minimum absolute atomic E-state index is 0.0580. The highest BCUT2D eigenvalue weighted by atomic mass is 16.7. The molecule has 80 valence electrons. The quantitative estimate of drug-likeness (QED) is 0.609. The third-order valence-electron chi connectivity index (χ3n) is 3.96. The summed E-state index contributed by atoms with van der Waals surface area (Å²) in [7, 11) is 1.64. The molecule has 0 aliphatic carbocycles. The van der Waals surface area contributed by atoms with Crippen molar-refractivity contribution in [2.45, 2.75) is 55.9 Å². The van der Waals surface area contributed by atoms with Crippen molar-refractivity contribution in [3.05, 3.63) is 0 Å². The summed E-state index contributed by atoms with van der Waals surface area (Å²) < 4.78 is 16.8. The Hall–Kier alpha value is -0.160. The van der Waals surface area contributed by atoms with Crippen molar-refractivity contribution in [1.29, 1.82) is 0 Å². The van der Waals surface area contributed by atoms with E-state index in [1.807, 2.05) is 13.8 Å². The molecule has 3 aliphatic heterocycles. The van der Waals surface area contributed by atoms with Crippen LogP contribution >= 0.6 is 0 Å². The molecular formula is C10H16O4. The SMILES string of the molecule is CO[C@H]1C[C@]2(C)O[C@](C)([C@H]1O)[C@H]1O[C@H]12. The van der Waals surface area contributed by atoms with Crippen molar-refractivity contribution in [2.24, 2.45) is 0 Å². The van der Waals surface area contributed by atoms with Crippen molar-refractivity contribution >= 4 is 0 Å². The van der Waals surface area contributed by atoms with E-state index >= 15 is 0 Å². The van der Waals surface area contributed by atoms with Crippen LogP contribution in [0.2, 0.25) is 0 Å². The van der Waals surface area contributed by atoms with Gasteiger partial charge in [-0.3, -0.25) is 0 Å². The van der Waals surface area contributed by atoms with Crippen LogP contribution in [0.1, 0.15) is 20.3 Å². The highest BCUT2D eigenvalue weighted by Gasteiger charge is 2.75. The Morgan fingerprint density at radius 2 is 2.07 bits per heavy atom. The maximum Gasteiger partial charge on any atom is 0.123 e. The summed E-state index contributed by atoms with van der Waals surface area (Å²) in [6, 6.07) is 0. The van der Waals surface area contributed by atoms with Crippen LogP contribution in [0.3, 0.4) is 0 Å². The fourth-order valence-corrected chi connectivity index (χ4v) is 3.11. The molecule has 6 atom stereocenters. The summed E-state index contributed by atoms with van der Waals surface area (Å²) in [6.07, 6.45) is 0.208. The van der Waals surface area contributed by atoms with E-state index in [0.29, 0.717) is 6.42 Å². The largest absolute Gasteiger partial charge is 0.387 e. The van der Waals surface area contributed by atoms with Gasteiger partial charge in [-0.05, 0) is 13.8 Å². The van der Waals surface area contributed by atoms with E-state index in [0.717, 1.165) is 0 Å². The van der Waals surface area contributed by atoms with Gasteiger partial charge in [-0.25, -0.2) is 0 Å². The molecule has 0 aromatic heterocycles. The zero-order valence-corrected chi connectivity index (χ0v) is 8.69. The first kappa shape index (κ1) is 9.09. The molecule has 14 heavy (non-hydrogen) atoms. The smallest absolute Gasteiger partial charge is 0.123 e. The zero-order valence-electron chi connectivity index (χ0n) is 8.69. The lowest BCUT2D eigenvalue weighted by Crippen LogP contribution is -2.59. The first-order valence-electron chi connectivity index (χ1n) is 5.08. The lowest BCUT2D eigenvalue weighted by Gasteiger charge is -2.45. The van der Waals surface area contributed by atoms with Crippen LogP contribution in [0.4, 0.5) is 0 Å². The summed E-state index contributed by atoms with van der Waals surface area (Å²) in [5.41, 5.74) is -0.836. The van der Waals surface area contributed by atoms with Gasteiger partial charge >= 0.3 is 0 Å². The molecule has 3 aliphatic rings. The second kappa shape index (κ2) is 2.32. The molecule has 0 amide bonds. The number of methoxy groups -OCH3 is 1. The molecule has 3 fully saturated rings. The van der Waals surface area contributed by atoms with Crippen molar-refractivity contribution in [2.75, 3.05) is 7.11 Å². The van der Waals surface area contributed by atoms with E-state index in [-0.39, 0.29) is 23.9 Å². The molecule has 2 bridgehead atoms. The minimum Gasteiger partial charge on any atom is -0.387 e. The van der Waals surface area contributed by atoms with Crippen LogP contribution in [0.5, 0.6) is 0 Å². The summed E-state index contributed by atoms with van der Waals surface area (Å²) >= 11 is 0. The van der Waals surface area contributed by atoms with Gasteiger partial charge < -0.3 is 19.3 Å². The number of hydrogen-bond donors (Lipinski definition) is 1. The topological polar surface area (TPSA) is 51.2 Å². The van der Waals surface area contributed by atoms with Crippen molar-refractivity contribution in [3.8, 4) is 0 Å². The first-order valence-corrected chi connectivity index (χ1v) is 5.08. The van der Waals surface area contributed by atoms with Gasteiger partial charge in [0.05, 0.1) is 11.7 Å². The van der Waals surface area contributed by atoms with Crippen molar-refractivity contribution in [1.82, 2.24) is 0 Å². The predicted molar refractivity (Wildman–Crippen MR) is 48.0 cm³/mol. The zero-order chi connectivity index (χ0) is 10.1. The molecule has 4 heteroatoms. The summed E-state index contributed by atoms with van der Waals surface area (Å²) in [5, 5.41) is 10.1. The van der Waals surface area contributed by atoms with Gasteiger partial charge in [0, 0.05) is 13.5 Å². The van der Waals surface area contributed by atoms with Crippen molar-refractivity contribution < 1.29 is 19.3 Å². The Morgan fingerprint density at radius 1 is 1.36 bits per heavy atom. The summed E-state index contributed by atoms with van der Waals surface area (Å²) in [5.74, 6) is 0. The molecular weight excluding hydrogens is 184 g/mol. The molecule has 0 spiro atoms.